The molecule has 1 unspecified atom stereocenters. The Morgan fingerprint density at radius 2 is 1.52 bits per heavy atom. The fraction of sp³-hybridized carbons (Fsp3) is 0.455. The molecule has 0 aromatic heterocycles. The summed E-state index contributed by atoms with van der Waals surface area (Å²) >= 11 is 0. The molecule has 2 aliphatic heterocycles. The molecule has 1 fully saturated rings. The van der Waals surface area contributed by atoms with Crippen molar-refractivity contribution < 1.29 is 8.78 Å². The quantitative estimate of drug-likeness (QED) is 0.797. The Kier molecular flexibility index (Phi) is 5.15. The largest absolute Gasteiger partial charge is 0.367 e. The second-order valence-electron chi connectivity index (χ2n) is 7.89. The van der Waals surface area contributed by atoms with Crippen LogP contribution in [-0.2, 0) is 6.54 Å². The maximum absolute atomic E-state index is 15.6. The van der Waals surface area contributed by atoms with E-state index >= 15 is 4.39 Å². The third kappa shape index (κ3) is 3.71. The van der Waals surface area contributed by atoms with Crippen molar-refractivity contribution in [1.29, 1.82) is 0 Å². The summed E-state index contributed by atoms with van der Waals surface area (Å²) in [6, 6.07) is 10.7. The van der Waals surface area contributed by atoms with Crippen molar-refractivity contribution in [3.63, 3.8) is 0 Å². The van der Waals surface area contributed by atoms with Crippen molar-refractivity contribution in [2.24, 2.45) is 0 Å². The first-order chi connectivity index (χ1) is 13.0. The van der Waals surface area contributed by atoms with E-state index in [-0.39, 0.29) is 17.6 Å². The van der Waals surface area contributed by atoms with Crippen molar-refractivity contribution in [3.8, 4) is 0 Å². The van der Waals surface area contributed by atoms with Gasteiger partial charge in [-0.25, -0.2) is 8.78 Å². The molecule has 0 radical (unpaired) electrons. The Balaban J connectivity index is 1.73. The first kappa shape index (κ1) is 18.4. The third-order valence-corrected chi connectivity index (χ3v) is 5.98. The lowest BCUT2D eigenvalue weighted by Crippen LogP contribution is -2.45. The van der Waals surface area contributed by atoms with Crippen LogP contribution in [0.3, 0.4) is 0 Å². The Hall–Kier alpha value is -1.98. The van der Waals surface area contributed by atoms with Crippen LogP contribution in [0.4, 0.5) is 14.5 Å². The molecule has 5 heteroatoms. The van der Waals surface area contributed by atoms with Crippen LogP contribution in [0.15, 0.2) is 36.4 Å². The second kappa shape index (κ2) is 7.56. The first-order valence-corrected chi connectivity index (χ1v) is 9.71. The van der Waals surface area contributed by atoms with Gasteiger partial charge in [0, 0.05) is 44.2 Å². The molecule has 1 saturated heterocycles. The molecule has 4 rings (SSSR count). The van der Waals surface area contributed by atoms with Gasteiger partial charge in [-0.2, -0.15) is 0 Å². The standard InChI is InChI=1S/C22H27F2N3/c1-25-11-13-27(14-12-25)21-8-7-19-18(16-3-5-17(23)6-4-16)9-10-26(2)15-20(19)22(21)24/h3-8,18H,9-15H2,1-2H3. The van der Waals surface area contributed by atoms with Crippen LogP contribution < -0.4 is 4.90 Å². The normalized spacial score (nSPS) is 21.8. The van der Waals surface area contributed by atoms with E-state index < -0.39 is 0 Å². The molecule has 3 nitrogen and oxygen atoms in total. The molecule has 144 valence electrons. The molecule has 0 saturated carbocycles. The number of benzene rings is 2. The number of halogens is 2. The van der Waals surface area contributed by atoms with Crippen LogP contribution in [0, 0.1) is 11.6 Å². The number of piperazine rings is 1. The van der Waals surface area contributed by atoms with Gasteiger partial charge < -0.3 is 14.7 Å². The van der Waals surface area contributed by atoms with Crippen LogP contribution in [0.5, 0.6) is 0 Å². The van der Waals surface area contributed by atoms with E-state index in [1.54, 1.807) is 0 Å². The van der Waals surface area contributed by atoms with Crippen LogP contribution in [-0.4, -0.2) is 56.6 Å². The van der Waals surface area contributed by atoms with E-state index in [0.717, 1.165) is 61.5 Å². The van der Waals surface area contributed by atoms with Crippen molar-refractivity contribution in [2.75, 3.05) is 51.7 Å². The Morgan fingerprint density at radius 1 is 0.815 bits per heavy atom. The van der Waals surface area contributed by atoms with Gasteiger partial charge in [0.25, 0.3) is 0 Å². The van der Waals surface area contributed by atoms with Crippen LogP contribution in [0.1, 0.15) is 29.0 Å². The van der Waals surface area contributed by atoms with Crippen molar-refractivity contribution in [2.45, 2.75) is 18.9 Å². The van der Waals surface area contributed by atoms with Gasteiger partial charge in [0.05, 0.1) is 5.69 Å². The minimum atomic E-state index is -0.235. The molecule has 0 amide bonds. The SMILES string of the molecule is CN1CCN(c2ccc3c(c2F)CN(C)CCC3c2ccc(F)cc2)CC1. The Bertz CT molecular complexity index is 798. The predicted octanol–water partition coefficient (Wildman–Crippen LogP) is 3.68. The van der Waals surface area contributed by atoms with Crippen molar-refractivity contribution in [3.05, 3.63) is 64.7 Å². The molecule has 2 heterocycles. The molecule has 2 aromatic rings. The lowest BCUT2D eigenvalue weighted by Gasteiger charge is -2.35. The average Bonchev–Trinajstić information content (AvgIpc) is 2.83. The van der Waals surface area contributed by atoms with Gasteiger partial charge in [-0.1, -0.05) is 18.2 Å². The predicted molar refractivity (Wildman–Crippen MR) is 105 cm³/mol. The maximum Gasteiger partial charge on any atom is 0.151 e. The van der Waals surface area contributed by atoms with E-state index in [9.17, 15) is 4.39 Å². The zero-order valence-electron chi connectivity index (χ0n) is 16.1. The first-order valence-electron chi connectivity index (χ1n) is 9.71. The molecular formula is C22H27F2N3. The van der Waals surface area contributed by atoms with Crippen molar-refractivity contribution in [1.82, 2.24) is 9.80 Å². The van der Waals surface area contributed by atoms with Gasteiger partial charge in [0.15, 0.2) is 5.82 Å². The number of nitrogens with zero attached hydrogens (tertiary/aromatic N) is 3. The molecule has 2 aromatic carbocycles. The third-order valence-electron chi connectivity index (χ3n) is 5.98. The lowest BCUT2D eigenvalue weighted by molar-refractivity contribution is 0.310. The second-order valence-corrected chi connectivity index (χ2v) is 7.89. The van der Waals surface area contributed by atoms with E-state index in [2.05, 4.69) is 27.8 Å². The molecule has 0 bridgehead atoms. The summed E-state index contributed by atoms with van der Waals surface area (Å²) in [7, 11) is 4.14. The minimum absolute atomic E-state index is 0.0853. The number of likely N-dealkylation sites (N-methyl/N-ethyl adjacent to an activating group) is 1. The van der Waals surface area contributed by atoms with Gasteiger partial charge in [-0.15, -0.1) is 0 Å². The summed E-state index contributed by atoms with van der Waals surface area (Å²) < 4.78 is 29.0. The Morgan fingerprint density at radius 3 is 2.22 bits per heavy atom. The van der Waals surface area contributed by atoms with Crippen molar-refractivity contribution >= 4 is 5.69 Å². The highest BCUT2D eigenvalue weighted by atomic mass is 19.1. The zero-order chi connectivity index (χ0) is 19.0. The van der Waals surface area contributed by atoms with E-state index in [1.807, 2.05) is 25.2 Å². The summed E-state index contributed by atoms with van der Waals surface area (Å²) in [5.74, 6) is -0.221. The molecule has 27 heavy (non-hydrogen) atoms. The number of hydrogen-bond donors (Lipinski definition) is 0. The summed E-state index contributed by atoms with van der Waals surface area (Å²) in [6.07, 6.45) is 0.905. The Labute approximate surface area is 160 Å². The van der Waals surface area contributed by atoms with Crippen LogP contribution in [0.2, 0.25) is 0 Å². The summed E-state index contributed by atoms with van der Waals surface area (Å²) in [6.45, 7) is 5.11. The van der Waals surface area contributed by atoms with E-state index in [4.69, 9.17) is 0 Å². The van der Waals surface area contributed by atoms with E-state index in [0.29, 0.717) is 6.54 Å². The maximum atomic E-state index is 15.6. The average molecular weight is 371 g/mol. The summed E-state index contributed by atoms with van der Waals surface area (Å²) in [5, 5.41) is 0. The summed E-state index contributed by atoms with van der Waals surface area (Å²) in [5.41, 5.74) is 3.61. The number of fused-ring (bicyclic) bond motifs is 1. The molecular weight excluding hydrogens is 344 g/mol. The van der Waals surface area contributed by atoms with Gasteiger partial charge in [0.1, 0.15) is 5.82 Å². The summed E-state index contributed by atoms with van der Waals surface area (Å²) in [4.78, 5) is 6.61. The highest BCUT2D eigenvalue weighted by molar-refractivity contribution is 5.55. The number of anilines is 1. The van der Waals surface area contributed by atoms with Crippen LogP contribution >= 0.6 is 0 Å². The molecule has 0 aliphatic carbocycles. The smallest absolute Gasteiger partial charge is 0.151 e. The molecule has 0 N–H and O–H groups in total. The number of rotatable bonds is 2. The zero-order valence-corrected chi connectivity index (χ0v) is 16.1. The van der Waals surface area contributed by atoms with Crippen LogP contribution in [0.25, 0.3) is 0 Å². The topological polar surface area (TPSA) is 9.72 Å². The van der Waals surface area contributed by atoms with E-state index in [1.165, 1.54) is 12.1 Å². The fourth-order valence-electron chi connectivity index (χ4n) is 4.30. The van der Waals surface area contributed by atoms with Gasteiger partial charge in [-0.3, -0.25) is 0 Å². The molecule has 0 spiro atoms. The number of hydrogen-bond acceptors (Lipinski definition) is 3. The fourth-order valence-corrected chi connectivity index (χ4v) is 4.30. The highest BCUT2D eigenvalue weighted by Gasteiger charge is 2.28. The lowest BCUT2D eigenvalue weighted by atomic mass is 9.86. The molecule has 2 aliphatic rings. The van der Waals surface area contributed by atoms with Gasteiger partial charge in [0.2, 0.25) is 0 Å². The minimum Gasteiger partial charge on any atom is -0.367 e. The monoisotopic (exact) mass is 371 g/mol. The van der Waals surface area contributed by atoms with Gasteiger partial charge >= 0.3 is 0 Å². The highest BCUT2D eigenvalue weighted by Crippen LogP contribution is 2.38. The van der Waals surface area contributed by atoms with Gasteiger partial charge in [-0.05, 0) is 56.4 Å². The molecule has 1 atom stereocenters.